The van der Waals surface area contributed by atoms with E-state index >= 15 is 0 Å². The van der Waals surface area contributed by atoms with Gasteiger partial charge in [0.1, 0.15) is 24.4 Å². The van der Waals surface area contributed by atoms with Crippen molar-refractivity contribution in [1.82, 2.24) is 19.9 Å². The Balaban J connectivity index is 0.000000340. The molecule has 5 N–H and O–H groups in total. The van der Waals surface area contributed by atoms with E-state index < -0.39 is 0 Å². The molecule has 18 nitrogen and oxygen atoms in total. The van der Waals surface area contributed by atoms with E-state index in [1.807, 2.05) is 14.1 Å². The van der Waals surface area contributed by atoms with Crippen LogP contribution >= 0.6 is 0 Å². The first kappa shape index (κ1) is 78.3. The molecule has 5 aliphatic heterocycles. The van der Waals surface area contributed by atoms with Crippen LogP contribution in [0.5, 0.6) is 0 Å². The van der Waals surface area contributed by atoms with Gasteiger partial charge in [-0.2, -0.15) is 4.98 Å². The molecule has 0 bridgehead atoms. The number of rotatable bonds is 15. The number of aromatic nitrogens is 2. The Morgan fingerprint density at radius 3 is 1.29 bits per heavy atom. The van der Waals surface area contributed by atoms with E-state index in [9.17, 15) is 14.4 Å². The van der Waals surface area contributed by atoms with Gasteiger partial charge in [-0.3, -0.25) is 14.4 Å². The highest BCUT2D eigenvalue weighted by Gasteiger charge is 2.37. The predicted octanol–water partition coefficient (Wildman–Crippen LogP) is 10.5. The first-order chi connectivity index (χ1) is 40.1. The van der Waals surface area contributed by atoms with Crippen LogP contribution in [-0.2, 0) is 42.8 Å². The quantitative estimate of drug-likeness (QED) is 0.128. The maximum Gasteiger partial charge on any atom is 0.251 e. The zero-order valence-electron chi connectivity index (χ0n) is 56.9. The highest BCUT2D eigenvalue weighted by atomic mass is 16.5. The molecule has 2 aliphatic carbocycles. The fourth-order valence-corrected chi connectivity index (χ4v) is 11.6. The summed E-state index contributed by atoms with van der Waals surface area (Å²) in [4.78, 5) is 41.1. The lowest BCUT2D eigenvalue weighted by Crippen LogP contribution is -2.43. The number of aliphatic hydroxyl groups is 3. The third-order valence-electron chi connectivity index (χ3n) is 19.3. The van der Waals surface area contributed by atoms with Gasteiger partial charge < -0.3 is 63.8 Å². The maximum absolute atomic E-state index is 11.6. The van der Waals surface area contributed by atoms with E-state index in [1.54, 1.807) is 31.0 Å². The third kappa shape index (κ3) is 28.7. The molecule has 8 rings (SSSR count). The molecule has 85 heavy (non-hydrogen) atoms. The molecule has 1 aromatic heterocycles. The summed E-state index contributed by atoms with van der Waals surface area (Å²) in [7, 11) is 8.91. The Kier molecular flexibility index (Phi) is 38.2. The number of carbonyl (C=O) groups is 3. The number of hydrogen-bond acceptors (Lipinski definition) is 15. The summed E-state index contributed by atoms with van der Waals surface area (Å²) in [5, 5.41) is 30.3. The topological polar surface area (TPSA) is 239 Å². The van der Waals surface area contributed by atoms with E-state index in [-0.39, 0.29) is 61.7 Å². The minimum Gasteiger partial charge on any atom is -0.396 e. The monoisotopic (exact) mass is 1210 g/mol. The van der Waals surface area contributed by atoms with Crippen LogP contribution in [0.3, 0.4) is 0 Å². The molecule has 5 saturated heterocycles. The highest BCUT2D eigenvalue weighted by molar-refractivity contribution is 5.80. The smallest absolute Gasteiger partial charge is 0.251 e. The van der Waals surface area contributed by atoms with Crippen molar-refractivity contribution in [3.05, 3.63) is 12.2 Å². The second kappa shape index (κ2) is 41.5. The molecule has 11 atom stereocenters. The van der Waals surface area contributed by atoms with Crippen LogP contribution in [0.25, 0.3) is 0 Å². The molecule has 6 heterocycles. The fourth-order valence-electron chi connectivity index (χ4n) is 11.6. The zero-order chi connectivity index (χ0) is 64.1. The lowest BCUT2D eigenvalue weighted by Gasteiger charge is -2.38. The minimum atomic E-state index is -0.333. The Hall–Kier alpha value is -2.81. The summed E-state index contributed by atoms with van der Waals surface area (Å²) >= 11 is 0. The summed E-state index contributed by atoms with van der Waals surface area (Å²) in [6.45, 7) is 35.6. The molecule has 3 amide bonds. The van der Waals surface area contributed by atoms with Crippen LogP contribution in [0.15, 0.2) is 10.9 Å². The summed E-state index contributed by atoms with van der Waals surface area (Å²) in [5.41, 5.74) is 5.12. The van der Waals surface area contributed by atoms with Gasteiger partial charge in [0, 0.05) is 47.8 Å². The summed E-state index contributed by atoms with van der Waals surface area (Å²) < 4.78 is 37.6. The molecule has 0 radical (unpaired) electrons. The van der Waals surface area contributed by atoms with Crippen LogP contribution in [0.1, 0.15) is 192 Å². The lowest BCUT2D eigenvalue weighted by molar-refractivity contribution is -0.146. The molecular formula is C67H127N5O13. The molecule has 498 valence electrons. The van der Waals surface area contributed by atoms with Crippen molar-refractivity contribution in [2.24, 2.45) is 100 Å². The van der Waals surface area contributed by atoms with Crippen LogP contribution in [0.2, 0.25) is 0 Å². The van der Waals surface area contributed by atoms with Crippen molar-refractivity contribution in [1.29, 1.82) is 0 Å². The second-order valence-electron chi connectivity index (χ2n) is 28.4. The zero-order valence-corrected chi connectivity index (χ0v) is 56.9. The number of hydrogen-bond donors (Lipinski definition) is 4. The summed E-state index contributed by atoms with van der Waals surface area (Å²) in [6.07, 6.45) is 14.9. The molecule has 7 aliphatic rings. The van der Waals surface area contributed by atoms with E-state index in [0.717, 1.165) is 114 Å². The molecule has 1 aromatic rings. The predicted molar refractivity (Wildman–Crippen MR) is 336 cm³/mol. The van der Waals surface area contributed by atoms with E-state index in [2.05, 4.69) is 107 Å². The van der Waals surface area contributed by atoms with Gasteiger partial charge in [0.25, 0.3) is 5.91 Å². The molecule has 18 heteroatoms. The number of aliphatic hydroxyl groups excluding tert-OH is 3. The van der Waals surface area contributed by atoms with E-state index in [0.29, 0.717) is 90.0 Å². The average molecular weight is 1210 g/mol. The number of likely N-dealkylation sites (N-methyl/N-ethyl adjacent to an activating group) is 1. The van der Waals surface area contributed by atoms with Crippen molar-refractivity contribution in [2.45, 2.75) is 217 Å². The Morgan fingerprint density at radius 2 is 0.953 bits per heavy atom. The molecular weight excluding hydrogens is 1080 g/mol. The van der Waals surface area contributed by atoms with Gasteiger partial charge >= 0.3 is 0 Å². The SMILES string of the molecule is CC(C)C1CC(C(=O)N(C)C)C1.CC(C)C1CC(CO)C1.CC(C)C1CCC(C(=O)N(C)C)OC1.CC(C)C1CCC(C(N)=O)OC1.CC(C)C1CCC(CO)OC1.CC(C)C1CCC(c2ncon2)OC1.COC1CC(C(C)C)COC1CO. The number of primary amides is 1. The number of nitrogens with two attached hydrogens (primary N) is 1. The standard InChI is InChI=1S/C11H21NO2.C10H16N2O2.C10H19NO.C10H20O3.C9H17NO2.C9H18O2.C8H16O/c1-8(2)9-5-6-10(14-7-9)11(13)12(3)4;1-7(2)8-3-4-9(13-5-8)10-11-6-14-12-10;1-7(2)8-5-9(6-8)10(12)11(3)4;1-7(2)8-4-9(12-3)10(5-11)13-6-8;1-6(2)7-3-4-8(9(10)11)12-5-7;1-7(2)8-3-4-9(5-10)11-6-8;1-6(2)8-3-7(4-8)5-9/h8-10H,5-7H2,1-4H3;6-9H,3-5H2,1-2H3;7-9H,5-6H2,1-4H3;7-11H,4-6H2,1-3H3;6-8H,3-5H2,1-2H3,(H2,10,11);7-10H,3-6H2,1-2H3;6-9H,3-5H2,1-2H3. The Bertz CT molecular complexity index is 1860. The normalized spacial score (nSPS) is 30.9. The average Bonchev–Trinajstić information content (AvgIpc) is 4.07. The highest BCUT2D eigenvalue weighted by Crippen LogP contribution is 2.40. The third-order valence-corrected chi connectivity index (χ3v) is 19.3. The molecule has 11 unspecified atom stereocenters. The Labute approximate surface area is 516 Å². The van der Waals surface area contributed by atoms with Crippen molar-refractivity contribution in [3.63, 3.8) is 0 Å². The van der Waals surface area contributed by atoms with Gasteiger partial charge in [0.05, 0.1) is 58.5 Å². The van der Waals surface area contributed by atoms with Crippen molar-refractivity contribution >= 4 is 17.7 Å². The van der Waals surface area contributed by atoms with Gasteiger partial charge in [0.15, 0.2) is 5.82 Å². The molecule has 2 saturated carbocycles. The Morgan fingerprint density at radius 1 is 0.518 bits per heavy atom. The van der Waals surface area contributed by atoms with Crippen LogP contribution in [-0.4, -0.2) is 172 Å². The van der Waals surface area contributed by atoms with Gasteiger partial charge in [-0.1, -0.05) is 102 Å². The van der Waals surface area contributed by atoms with Crippen molar-refractivity contribution in [2.75, 3.05) is 88.2 Å². The number of amides is 3. The second-order valence-corrected chi connectivity index (χ2v) is 28.4. The number of methoxy groups -OCH3 is 1. The first-order valence-electron chi connectivity index (χ1n) is 33.0. The summed E-state index contributed by atoms with van der Waals surface area (Å²) in [5.74, 6) is 11.5. The minimum absolute atomic E-state index is 0.0451. The van der Waals surface area contributed by atoms with E-state index in [1.165, 1.54) is 32.1 Å². The van der Waals surface area contributed by atoms with Crippen LogP contribution < -0.4 is 5.73 Å². The molecule has 0 spiro atoms. The van der Waals surface area contributed by atoms with Crippen molar-refractivity contribution in [3.8, 4) is 0 Å². The van der Waals surface area contributed by atoms with Gasteiger partial charge in [-0.05, 0) is 172 Å². The van der Waals surface area contributed by atoms with Crippen molar-refractivity contribution < 1.29 is 62.6 Å². The maximum atomic E-state index is 11.6. The first-order valence-corrected chi connectivity index (χ1v) is 33.0. The number of ether oxygens (including phenoxy) is 6. The summed E-state index contributed by atoms with van der Waals surface area (Å²) in [6, 6.07) is 0. The van der Waals surface area contributed by atoms with Gasteiger partial charge in [0.2, 0.25) is 18.2 Å². The largest absolute Gasteiger partial charge is 0.396 e. The van der Waals surface area contributed by atoms with Gasteiger partial charge in [-0.25, -0.2) is 0 Å². The lowest BCUT2D eigenvalue weighted by atomic mass is 9.69. The fraction of sp³-hybridized carbons (Fsp3) is 0.925. The van der Waals surface area contributed by atoms with Crippen LogP contribution in [0.4, 0.5) is 0 Å². The number of carbonyl (C=O) groups excluding carboxylic acids is 3. The molecule has 7 fully saturated rings. The van der Waals surface area contributed by atoms with Crippen LogP contribution in [0, 0.1) is 94.7 Å². The van der Waals surface area contributed by atoms with E-state index in [4.69, 9.17) is 54.0 Å². The van der Waals surface area contributed by atoms with Gasteiger partial charge in [-0.15, -0.1) is 0 Å². The molecule has 0 aromatic carbocycles. The number of nitrogens with zero attached hydrogens (tertiary/aromatic N) is 4.